The van der Waals surface area contributed by atoms with E-state index in [9.17, 15) is 19.2 Å². The van der Waals surface area contributed by atoms with Crippen LogP contribution in [0.15, 0.2) is 217 Å². The first-order valence-corrected chi connectivity index (χ1v) is 22.6. The van der Waals surface area contributed by atoms with Gasteiger partial charge in [-0.15, -0.1) is 0 Å². The second-order valence-corrected chi connectivity index (χ2v) is 17.3. The van der Waals surface area contributed by atoms with E-state index in [-0.39, 0.29) is 34.3 Å². The molecule has 0 heterocycles. The normalized spacial score (nSPS) is 12.9. The van der Waals surface area contributed by atoms with Crippen molar-refractivity contribution in [3.8, 4) is 11.1 Å². The first-order chi connectivity index (χ1) is 33.2. The van der Waals surface area contributed by atoms with E-state index in [0.29, 0.717) is 22.3 Å². The van der Waals surface area contributed by atoms with Crippen molar-refractivity contribution in [1.82, 2.24) is 0 Å². The number of Topliss-reactive ketones (excluding diaryl/α,β-unsaturated/α-hetero) is 4. The number of benzene rings is 9. The molecule has 0 atom stereocenters. The Hall–Kier alpha value is -9.00. The summed E-state index contributed by atoms with van der Waals surface area (Å²) in [5.41, 5.74) is 13.9. The molecule has 0 fully saturated rings. The van der Waals surface area contributed by atoms with Gasteiger partial charge in [-0.3, -0.25) is 19.2 Å². The predicted molar refractivity (Wildman–Crippen MR) is 274 cm³/mol. The van der Waals surface area contributed by atoms with Crippen molar-refractivity contribution >= 4 is 80.2 Å². The quantitative estimate of drug-likeness (QED) is 0.106. The second kappa shape index (κ2) is 17.1. The number of carbonyl (C=O) groups is 4. The minimum absolute atomic E-state index is 0.179. The van der Waals surface area contributed by atoms with Gasteiger partial charge in [0.1, 0.15) is 0 Å². The summed E-state index contributed by atoms with van der Waals surface area (Å²) < 4.78 is 0. The molecule has 2 aliphatic rings. The Labute approximate surface area is 394 Å². The van der Waals surface area contributed by atoms with Gasteiger partial charge in [-0.05, 0) is 144 Å². The molecule has 0 saturated carbocycles. The highest BCUT2D eigenvalue weighted by Gasteiger charge is 2.34. The maximum absolute atomic E-state index is 13.5. The number of rotatable bonds is 9. The number of fused-ring (bicyclic) bond motifs is 3. The van der Waals surface area contributed by atoms with Gasteiger partial charge in [0, 0.05) is 56.4 Å². The molecule has 0 radical (unpaired) electrons. The van der Waals surface area contributed by atoms with Gasteiger partial charge in [0.05, 0.1) is 11.1 Å². The molecule has 6 nitrogen and oxygen atoms in total. The zero-order valence-corrected chi connectivity index (χ0v) is 37.3. The minimum Gasteiger partial charge on any atom is -0.311 e. The summed E-state index contributed by atoms with van der Waals surface area (Å²) in [6.45, 7) is 4.14. The molecule has 2 aliphatic carbocycles. The summed E-state index contributed by atoms with van der Waals surface area (Å²) in [6, 6.07) is 68.0. The van der Waals surface area contributed by atoms with Crippen LogP contribution in [0.2, 0.25) is 0 Å². The van der Waals surface area contributed by atoms with Crippen LogP contribution in [-0.4, -0.2) is 23.1 Å². The number of ketones is 4. The number of hydrogen-bond donors (Lipinski definition) is 0. The first kappa shape index (κ1) is 41.7. The van der Waals surface area contributed by atoms with E-state index in [1.165, 1.54) is 0 Å². The van der Waals surface area contributed by atoms with Crippen molar-refractivity contribution in [2.45, 2.75) is 13.8 Å². The van der Waals surface area contributed by atoms with E-state index in [2.05, 4.69) is 121 Å². The largest absolute Gasteiger partial charge is 0.311 e. The third kappa shape index (κ3) is 7.64. The topological polar surface area (TPSA) is 74.8 Å². The van der Waals surface area contributed by atoms with Crippen LogP contribution >= 0.6 is 0 Å². The van der Waals surface area contributed by atoms with E-state index < -0.39 is 0 Å². The van der Waals surface area contributed by atoms with Gasteiger partial charge in [-0.25, -0.2) is 0 Å². The van der Waals surface area contributed by atoms with Gasteiger partial charge in [0.15, 0.2) is 23.1 Å². The minimum atomic E-state index is -0.245. The fraction of sp³-hybridized carbons (Fsp3) is 0.0323. The molecule has 0 amide bonds. The van der Waals surface area contributed by atoms with Crippen molar-refractivity contribution < 1.29 is 19.2 Å². The predicted octanol–water partition coefficient (Wildman–Crippen LogP) is 15.0. The van der Waals surface area contributed by atoms with Gasteiger partial charge in [-0.1, -0.05) is 132 Å². The lowest BCUT2D eigenvalue weighted by Crippen LogP contribution is -2.10. The number of anilines is 6. The van der Waals surface area contributed by atoms with Gasteiger partial charge in [0.25, 0.3) is 0 Å². The molecule has 0 bridgehead atoms. The van der Waals surface area contributed by atoms with Gasteiger partial charge < -0.3 is 9.80 Å². The van der Waals surface area contributed by atoms with Crippen molar-refractivity contribution in [2.24, 2.45) is 0 Å². The van der Waals surface area contributed by atoms with Crippen molar-refractivity contribution in [1.29, 1.82) is 0 Å². The molecule has 0 unspecified atom stereocenters. The molecule has 0 N–H and O–H groups in total. The third-order valence-electron chi connectivity index (χ3n) is 12.9. The van der Waals surface area contributed by atoms with E-state index in [1.807, 2.05) is 84.9 Å². The second-order valence-electron chi connectivity index (χ2n) is 17.3. The SMILES string of the molecule is Cc1ccc(N(c2ccc(C=C3C(=O)c4ccccc4C3=O)cc2)c2ccc(-c3ccc(N(c4ccc(C)cc4)c4ccc(C=C5C(=O)c6cc7ccccc7cc6C5=O)cc4)cc3)cc2)cc1. The monoisotopic (exact) mass is 878 g/mol. The molecule has 324 valence electrons. The molecule has 9 aromatic carbocycles. The van der Waals surface area contributed by atoms with Crippen LogP contribution in [0.25, 0.3) is 34.1 Å². The lowest BCUT2D eigenvalue weighted by Gasteiger charge is -2.26. The van der Waals surface area contributed by atoms with Gasteiger partial charge in [0.2, 0.25) is 0 Å². The maximum Gasteiger partial charge on any atom is 0.197 e. The Kier molecular flexibility index (Phi) is 10.5. The van der Waals surface area contributed by atoms with Crippen molar-refractivity contribution in [3.63, 3.8) is 0 Å². The van der Waals surface area contributed by atoms with Crippen LogP contribution in [0, 0.1) is 13.8 Å². The van der Waals surface area contributed by atoms with Crippen LogP contribution in [0.3, 0.4) is 0 Å². The first-order valence-electron chi connectivity index (χ1n) is 22.6. The van der Waals surface area contributed by atoms with E-state index in [4.69, 9.17) is 0 Å². The van der Waals surface area contributed by atoms with Crippen molar-refractivity contribution in [2.75, 3.05) is 9.80 Å². The Morgan fingerprint density at radius 3 is 0.926 bits per heavy atom. The molecule has 0 saturated heterocycles. The standard InChI is InChI=1S/C62H42N2O4/c1-39-11-23-47(24-12-39)63(49-27-15-41(16-28-49)35-57-59(65)53-9-5-6-10-54(53)60(57)66)51-31-19-43(20-32-51)44-21-33-52(34-22-44)64(48-25-13-40(2)14-26-48)50-29-17-42(18-30-50)36-58-61(67)55-37-45-7-3-4-8-46(45)38-56(55)62(58)68/h3-38H,1-2H3. The number of aryl methyl sites for hydroxylation is 2. The molecule has 6 heteroatoms. The van der Waals surface area contributed by atoms with Crippen LogP contribution in [0.1, 0.15) is 63.7 Å². The fourth-order valence-electron chi connectivity index (χ4n) is 9.20. The van der Waals surface area contributed by atoms with Crippen molar-refractivity contribution in [3.05, 3.63) is 262 Å². The Bertz CT molecular complexity index is 3460. The zero-order chi connectivity index (χ0) is 46.5. The molecule has 11 rings (SSSR count). The van der Waals surface area contributed by atoms with Gasteiger partial charge in [-0.2, -0.15) is 0 Å². The number of nitrogens with zero attached hydrogens (tertiary/aromatic N) is 2. The van der Waals surface area contributed by atoms with E-state index in [1.54, 1.807) is 36.4 Å². The smallest absolute Gasteiger partial charge is 0.197 e. The van der Waals surface area contributed by atoms with Crippen LogP contribution in [0.4, 0.5) is 34.1 Å². The average Bonchev–Trinajstić information content (AvgIpc) is 3.75. The Morgan fingerprint density at radius 2 is 0.588 bits per heavy atom. The molecular weight excluding hydrogens is 837 g/mol. The lowest BCUT2D eigenvalue weighted by molar-refractivity contribution is 0.0975. The lowest BCUT2D eigenvalue weighted by atomic mass is 10.0. The number of allylic oxidation sites excluding steroid dienone is 2. The number of hydrogen-bond acceptors (Lipinski definition) is 6. The highest BCUT2D eigenvalue weighted by atomic mass is 16.2. The summed E-state index contributed by atoms with van der Waals surface area (Å²) in [6.07, 6.45) is 3.39. The third-order valence-corrected chi connectivity index (χ3v) is 12.9. The number of carbonyl (C=O) groups excluding carboxylic acids is 4. The maximum atomic E-state index is 13.5. The zero-order valence-electron chi connectivity index (χ0n) is 37.3. The summed E-state index contributed by atoms with van der Waals surface area (Å²) in [5, 5.41) is 1.87. The van der Waals surface area contributed by atoms with Gasteiger partial charge >= 0.3 is 0 Å². The molecule has 68 heavy (non-hydrogen) atoms. The Morgan fingerprint density at radius 1 is 0.309 bits per heavy atom. The molecular formula is C62H42N2O4. The van der Waals surface area contributed by atoms with Crippen LogP contribution in [0.5, 0.6) is 0 Å². The van der Waals surface area contributed by atoms with E-state index in [0.717, 1.165) is 78.3 Å². The molecule has 0 aromatic heterocycles. The highest BCUT2D eigenvalue weighted by Crippen LogP contribution is 2.40. The summed E-state index contributed by atoms with van der Waals surface area (Å²) in [5.74, 6) is -0.973. The van der Waals surface area contributed by atoms with Crippen LogP contribution in [-0.2, 0) is 0 Å². The summed E-state index contributed by atoms with van der Waals surface area (Å²) >= 11 is 0. The Balaban J connectivity index is 0.857. The summed E-state index contributed by atoms with van der Waals surface area (Å²) in [4.78, 5) is 57.6. The summed E-state index contributed by atoms with van der Waals surface area (Å²) in [7, 11) is 0. The van der Waals surface area contributed by atoms with Crippen LogP contribution < -0.4 is 9.80 Å². The molecule has 9 aromatic rings. The molecule has 0 spiro atoms. The molecule has 0 aliphatic heterocycles. The highest BCUT2D eigenvalue weighted by molar-refractivity contribution is 6.42. The average molecular weight is 879 g/mol. The fourth-order valence-corrected chi connectivity index (χ4v) is 9.20. The van der Waals surface area contributed by atoms with E-state index >= 15 is 0 Å².